The van der Waals surface area contributed by atoms with Crippen molar-refractivity contribution in [2.75, 3.05) is 18.2 Å². The van der Waals surface area contributed by atoms with Crippen LogP contribution in [0.25, 0.3) is 11.2 Å². The molecule has 0 saturated carbocycles. The number of phosphoric ester groups is 1. The van der Waals surface area contributed by atoms with E-state index in [1.165, 1.54) is 0 Å². The zero-order chi connectivity index (χ0) is 24.1. The minimum absolute atomic E-state index is 0. The van der Waals surface area contributed by atoms with Crippen molar-refractivity contribution in [3.63, 3.8) is 0 Å². The molecule has 1 radical (unpaired) electrons. The number of nitrogens with zero attached hydrogens (tertiary/aromatic N) is 3. The summed E-state index contributed by atoms with van der Waals surface area (Å²) in [4.78, 5) is 58.1. The number of H-pyrrole nitrogens is 1. The van der Waals surface area contributed by atoms with Gasteiger partial charge in [-0.1, -0.05) is 0 Å². The summed E-state index contributed by atoms with van der Waals surface area (Å²) in [5.74, 6) is -2.00. The molecule has 0 amide bonds. The zero-order valence-corrected chi connectivity index (χ0v) is 21.3. The molecule has 3 heterocycles. The van der Waals surface area contributed by atoms with E-state index in [0.717, 1.165) is 10.9 Å². The molecule has 0 bridgehead atoms. The van der Waals surface area contributed by atoms with Crippen LogP contribution in [0.15, 0.2) is 11.1 Å². The molecule has 22 heteroatoms. The SMILES string of the molecule is Nc1nc2c(ncn2[C@@H]2O[C@H](COP(=O)(O)OP(=O)(O)CP(=O)(O)O)[C@@H](O)[C@H]2O)c(=O)[nH]1.[Na]. The number of aliphatic hydroxyl groups is 2. The molecule has 181 valence electrons. The van der Waals surface area contributed by atoms with Crippen LogP contribution < -0.4 is 11.3 Å². The molecule has 33 heavy (non-hydrogen) atoms. The van der Waals surface area contributed by atoms with Gasteiger partial charge in [0.25, 0.3) is 5.56 Å². The van der Waals surface area contributed by atoms with Gasteiger partial charge in [0, 0.05) is 29.6 Å². The Hall–Kier alpha value is -0.520. The number of hydrogen-bond acceptors (Lipinski definition) is 12. The Balaban J connectivity index is 0.00000385. The second-order valence-corrected chi connectivity index (χ2v) is 12.2. The molecule has 2 aromatic rings. The van der Waals surface area contributed by atoms with Gasteiger partial charge in [-0.25, -0.2) is 13.9 Å². The van der Waals surface area contributed by atoms with Crippen LogP contribution in [0.5, 0.6) is 0 Å². The quantitative estimate of drug-likeness (QED) is 0.125. The second-order valence-electron chi connectivity index (χ2n) is 6.61. The average molecular weight is 544 g/mol. The first kappa shape index (κ1) is 28.7. The summed E-state index contributed by atoms with van der Waals surface area (Å²) in [6.45, 7) is -0.957. The summed E-state index contributed by atoms with van der Waals surface area (Å²) in [7, 11) is -15.7. The first-order valence-electron chi connectivity index (χ1n) is 8.37. The van der Waals surface area contributed by atoms with Crippen molar-refractivity contribution in [1.29, 1.82) is 0 Å². The molecule has 0 spiro atoms. The van der Waals surface area contributed by atoms with E-state index in [9.17, 15) is 38.5 Å². The number of nitrogens with two attached hydrogens (primary N) is 1. The van der Waals surface area contributed by atoms with Gasteiger partial charge in [0.15, 0.2) is 23.3 Å². The molecule has 3 rings (SSSR count). The summed E-state index contributed by atoms with van der Waals surface area (Å²) < 4.78 is 49.1. The van der Waals surface area contributed by atoms with E-state index in [1.807, 2.05) is 0 Å². The number of rotatable bonds is 8. The number of aliphatic hydroxyl groups excluding tert-OH is 2. The fourth-order valence-corrected chi connectivity index (χ4v) is 7.18. The summed E-state index contributed by atoms with van der Waals surface area (Å²) in [6, 6.07) is 0. The number of aromatic nitrogens is 4. The van der Waals surface area contributed by atoms with Gasteiger partial charge >= 0.3 is 23.0 Å². The molecule has 1 aliphatic rings. The van der Waals surface area contributed by atoms with Gasteiger partial charge < -0.3 is 40.3 Å². The standard InChI is InChI=1S/C11H18N5O13P3.Na/c12-11-14-8-5(9(19)15-11)13-2-16(8)10-7(18)6(17)4(28-10)1-27-32(25,26)29-31(23,24)3-30(20,21)22;/h2,4,6-7,10,17-18H,1,3H2,(H,23,24)(H,25,26)(H2,20,21,22)(H3,12,14,15,19);/t4-,6-,7-,10-;/m1./s1. The number of hydrogen-bond donors (Lipinski definition) is 8. The van der Waals surface area contributed by atoms with E-state index in [0.29, 0.717) is 0 Å². The van der Waals surface area contributed by atoms with E-state index in [4.69, 9.17) is 20.3 Å². The van der Waals surface area contributed by atoms with Gasteiger partial charge in [-0.05, 0) is 0 Å². The Bertz CT molecular complexity index is 1210. The van der Waals surface area contributed by atoms with Crippen LogP contribution in [0.4, 0.5) is 5.95 Å². The molecule has 1 fully saturated rings. The number of fused-ring (bicyclic) bond motifs is 1. The predicted octanol–water partition coefficient (Wildman–Crippen LogP) is -2.61. The van der Waals surface area contributed by atoms with Crippen molar-refractivity contribution in [1.82, 2.24) is 19.5 Å². The molecule has 6 atom stereocenters. The fraction of sp³-hybridized carbons (Fsp3) is 0.545. The maximum atomic E-state index is 11.9. The van der Waals surface area contributed by atoms with Crippen LogP contribution in [0.2, 0.25) is 0 Å². The number of phosphoric acid groups is 1. The molecular formula is C11H18N5NaO13P3. The Morgan fingerprint density at radius 2 is 1.82 bits per heavy atom. The van der Waals surface area contributed by atoms with Gasteiger partial charge in [0.2, 0.25) is 5.95 Å². The van der Waals surface area contributed by atoms with E-state index in [1.54, 1.807) is 0 Å². The number of anilines is 1. The molecule has 2 aromatic heterocycles. The minimum atomic E-state index is -5.35. The number of aromatic amines is 1. The minimum Gasteiger partial charge on any atom is -0.387 e. The molecule has 0 aromatic carbocycles. The number of nitrogen functional groups attached to an aromatic ring is 1. The van der Waals surface area contributed by atoms with Crippen molar-refractivity contribution in [3.05, 3.63) is 16.7 Å². The van der Waals surface area contributed by atoms with Crippen LogP contribution in [0, 0.1) is 0 Å². The number of imidazole rings is 1. The Morgan fingerprint density at radius 3 is 2.42 bits per heavy atom. The largest absolute Gasteiger partial charge is 0.479 e. The molecule has 18 nitrogen and oxygen atoms in total. The summed E-state index contributed by atoms with van der Waals surface area (Å²) in [5, 5.41) is 20.5. The van der Waals surface area contributed by atoms with E-state index >= 15 is 0 Å². The van der Waals surface area contributed by atoms with Crippen LogP contribution in [0.1, 0.15) is 6.23 Å². The van der Waals surface area contributed by atoms with Crippen molar-refractivity contribution >= 4 is 69.7 Å². The monoisotopic (exact) mass is 544 g/mol. The normalized spacial score (nSPS) is 27.1. The van der Waals surface area contributed by atoms with Gasteiger partial charge in [-0.2, -0.15) is 4.98 Å². The van der Waals surface area contributed by atoms with Gasteiger partial charge in [-0.15, -0.1) is 0 Å². The van der Waals surface area contributed by atoms with Crippen molar-refractivity contribution in [2.45, 2.75) is 24.5 Å². The van der Waals surface area contributed by atoms with Crippen molar-refractivity contribution in [3.8, 4) is 0 Å². The zero-order valence-electron chi connectivity index (χ0n) is 16.6. The number of ether oxygens (including phenoxy) is 1. The Kier molecular flexibility index (Phi) is 8.90. The van der Waals surface area contributed by atoms with Crippen LogP contribution in [-0.4, -0.2) is 110 Å². The topological polar surface area (TPSA) is 290 Å². The smallest absolute Gasteiger partial charge is 0.387 e. The molecule has 1 aliphatic heterocycles. The van der Waals surface area contributed by atoms with E-state index < -0.39 is 65.6 Å². The van der Waals surface area contributed by atoms with E-state index in [-0.39, 0.29) is 46.7 Å². The second kappa shape index (κ2) is 10.2. The molecule has 1 saturated heterocycles. The average Bonchev–Trinajstić information content (AvgIpc) is 3.12. The summed E-state index contributed by atoms with van der Waals surface area (Å²) in [5.41, 5.74) is 4.55. The van der Waals surface area contributed by atoms with Crippen LogP contribution in [0.3, 0.4) is 0 Å². The van der Waals surface area contributed by atoms with Crippen molar-refractivity contribution in [2.24, 2.45) is 0 Å². The first-order chi connectivity index (χ1) is 14.6. The van der Waals surface area contributed by atoms with Crippen molar-refractivity contribution < 1.29 is 57.1 Å². The molecular weight excluding hydrogens is 526 g/mol. The third kappa shape index (κ3) is 7.01. The van der Waals surface area contributed by atoms with Gasteiger partial charge in [0.05, 0.1) is 12.9 Å². The third-order valence-electron chi connectivity index (χ3n) is 4.06. The van der Waals surface area contributed by atoms with E-state index in [2.05, 4.69) is 23.8 Å². The Morgan fingerprint density at radius 1 is 1.18 bits per heavy atom. The first-order valence-corrected chi connectivity index (χ1v) is 13.4. The maximum Gasteiger partial charge on any atom is 0.479 e. The number of nitrogens with one attached hydrogen (secondary N) is 1. The fourth-order valence-electron chi connectivity index (χ4n) is 2.84. The van der Waals surface area contributed by atoms with Gasteiger partial charge in [0.1, 0.15) is 18.3 Å². The van der Waals surface area contributed by atoms with Crippen LogP contribution in [-0.2, 0) is 27.3 Å². The molecule has 2 unspecified atom stereocenters. The molecule has 0 aliphatic carbocycles. The third-order valence-corrected chi connectivity index (χ3v) is 9.28. The van der Waals surface area contributed by atoms with Gasteiger partial charge in [-0.3, -0.25) is 28.0 Å². The predicted molar refractivity (Wildman–Crippen MR) is 108 cm³/mol. The summed E-state index contributed by atoms with van der Waals surface area (Å²) >= 11 is 0. The Labute approximate surface area is 205 Å². The maximum absolute atomic E-state index is 11.9. The molecule has 9 N–H and O–H groups in total. The summed E-state index contributed by atoms with van der Waals surface area (Å²) in [6.07, 6.45) is -5.19. The van der Waals surface area contributed by atoms with Crippen LogP contribution >= 0.6 is 23.0 Å².